The molecule has 1 saturated heterocycles. The number of nitro groups is 1. The first-order chi connectivity index (χ1) is 10.6. The van der Waals surface area contributed by atoms with Crippen molar-refractivity contribution in [3.05, 3.63) is 58.3 Å². The minimum Gasteiger partial charge on any atom is -0.439 e. The molecular formula is C15H14N2O5. The van der Waals surface area contributed by atoms with Crippen molar-refractivity contribution in [2.45, 2.75) is 12.7 Å². The molecular weight excluding hydrogens is 288 g/mol. The summed E-state index contributed by atoms with van der Waals surface area (Å²) in [4.78, 5) is 14.0. The molecule has 2 aromatic rings. The third-order valence-corrected chi connectivity index (χ3v) is 3.35. The van der Waals surface area contributed by atoms with Gasteiger partial charge in [0.2, 0.25) is 5.88 Å². The number of pyridine rings is 1. The topological polar surface area (TPSA) is 83.7 Å². The van der Waals surface area contributed by atoms with Crippen LogP contribution in [-0.2, 0) is 15.3 Å². The van der Waals surface area contributed by atoms with Crippen LogP contribution in [0.15, 0.2) is 42.6 Å². The molecule has 1 aromatic carbocycles. The van der Waals surface area contributed by atoms with E-state index in [0.29, 0.717) is 19.0 Å². The Balaban J connectivity index is 1.79. The zero-order valence-electron chi connectivity index (χ0n) is 11.9. The van der Waals surface area contributed by atoms with Crippen LogP contribution < -0.4 is 4.74 Å². The molecule has 22 heavy (non-hydrogen) atoms. The second kappa shape index (κ2) is 5.70. The average Bonchev–Trinajstić information content (AvgIpc) is 2.96. The molecule has 1 aliphatic rings. The van der Waals surface area contributed by atoms with E-state index in [0.717, 1.165) is 11.8 Å². The van der Waals surface area contributed by atoms with Gasteiger partial charge >= 0.3 is 0 Å². The van der Waals surface area contributed by atoms with Gasteiger partial charge in [-0.15, -0.1) is 0 Å². The summed E-state index contributed by atoms with van der Waals surface area (Å²) in [6.45, 7) is 2.94. The van der Waals surface area contributed by atoms with Crippen LogP contribution in [0, 0.1) is 10.1 Å². The van der Waals surface area contributed by atoms with E-state index in [9.17, 15) is 10.1 Å². The van der Waals surface area contributed by atoms with E-state index in [1.807, 2.05) is 19.1 Å². The van der Waals surface area contributed by atoms with Crippen molar-refractivity contribution in [1.29, 1.82) is 0 Å². The van der Waals surface area contributed by atoms with Crippen LogP contribution in [0.25, 0.3) is 0 Å². The molecule has 0 atom stereocenters. The maximum Gasteiger partial charge on any atom is 0.287 e. The second-order valence-corrected chi connectivity index (χ2v) is 4.88. The van der Waals surface area contributed by atoms with Gasteiger partial charge in [-0.1, -0.05) is 12.1 Å². The highest BCUT2D eigenvalue weighted by atomic mass is 16.7. The standard InChI is InChI=1S/C15H14N2O5/c1-15(20-7-8-21-15)11-3-2-4-13(9-11)22-14-6-5-12(10-16-14)17(18)19/h2-6,9-10H,7-8H2,1H3. The van der Waals surface area contributed by atoms with Gasteiger partial charge in [-0.05, 0) is 19.1 Å². The molecule has 1 aromatic heterocycles. The number of hydrogen-bond donors (Lipinski definition) is 0. The Morgan fingerprint density at radius 2 is 2.05 bits per heavy atom. The van der Waals surface area contributed by atoms with Gasteiger partial charge in [0.1, 0.15) is 11.9 Å². The molecule has 2 heterocycles. The van der Waals surface area contributed by atoms with E-state index in [1.165, 1.54) is 12.1 Å². The number of hydrogen-bond acceptors (Lipinski definition) is 6. The maximum absolute atomic E-state index is 10.6. The van der Waals surface area contributed by atoms with Crippen molar-refractivity contribution in [2.24, 2.45) is 0 Å². The monoisotopic (exact) mass is 302 g/mol. The van der Waals surface area contributed by atoms with E-state index in [-0.39, 0.29) is 11.6 Å². The molecule has 0 aliphatic carbocycles. The van der Waals surface area contributed by atoms with Crippen LogP contribution in [0.4, 0.5) is 5.69 Å². The molecule has 0 radical (unpaired) electrons. The lowest BCUT2D eigenvalue weighted by Gasteiger charge is -2.23. The molecule has 7 heteroatoms. The summed E-state index contributed by atoms with van der Waals surface area (Å²) in [6.07, 6.45) is 1.16. The predicted molar refractivity (Wildman–Crippen MR) is 76.7 cm³/mol. The van der Waals surface area contributed by atoms with Crippen LogP contribution in [0.3, 0.4) is 0 Å². The molecule has 0 N–H and O–H groups in total. The normalized spacial score (nSPS) is 16.4. The van der Waals surface area contributed by atoms with E-state index in [4.69, 9.17) is 14.2 Å². The molecule has 3 rings (SSSR count). The van der Waals surface area contributed by atoms with Gasteiger partial charge in [0.25, 0.3) is 5.69 Å². The Hall–Kier alpha value is -2.51. The lowest BCUT2D eigenvalue weighted by molar-refractivity contribution is -0.385. The predicted octanol–water partition coefficient (Wildman–Crippen LogP) is 3.00. The van der Waals surface area contributed by atoms with Gasteiger partial charge in [-0.3, -0.25) is 10.1 Å². The summed E-state index contributed by atoms with van der Waals surface area (Å²) < 4.78 is 16.8. The summed E-state index contributed by atoms with van der Waals surface area (Å²) in [5.41, 5.74) is 0.755. The summed E-state index contributed by atoms with van der Waals surface area (Å²) >= 11 is 0. The molecule has 0 unspecified atom stereocenters. The van der Waals surface area contributed by atoms with Crippen molar-refractivity contribution in [3.63, 3.8) is 0 Å². The van der Waals surface area contributed by atoms with Gasteiger partial charge in [0, 0.05) is 17.7 Å². The average molecular weight is 302 g/mol. The molecule has 1 fully saturated rings. The lowest BCUT2D eigenvalue weighted by atomic mass is 10.1. The molecule has 114 valence electrons. The first kappa shape index (κ1) is 14.4. The summed E-state index contributed by atoms with van der Waals surface area (Å²) in [6, 6.07) is 10.1. The minimum atomic E-state index is -0.776. The highest BCUT2D eigenvalue weighted by molar-refractivity contribution is 5.35. The molecule has 1 aliphatic heterocycles. The Morgan fingerprint density at radius 1 is 1.27 bits per heavy atom. The Labute approximate surface area is 126 Å². The van der Waals surface area contributed by atoms with Gasteiger partial charge in [-0.2, -0.15) is 0 Å². The molecule has 0 bridgehead atoms. The Kier molecular flexibility index (Phi) is 3.74. The molecule has 0 spiro atoms. The van der Waals surface area contributed by atoms with Crippen LogP contribution in [0.5, 0.6) is 11.6 Å². The molecule has 7 nitrogen and oxygen atoms in total. The highest BCUT2D eigenvalue weighted by Crippen LogP contribution is 2.33. The number of rotatable bonds is 4. The fraction of sp³-hybridized carbons (Fsp3) is 0.267. The van der Waals surface area contributed by atoms with Crippen molar-refractivity contribution < 1.29 is 19.1 Å². The summed E-state index contributed by atoms with van der Waals surface area (Å²) in [5, 5.41) is 10.6. The fourth-order valence-electron chi connectivity index (χ4n) is 2.18. The Morgan fingerprint density at radius 3 is 2.68 bits per heavy atom. The lowest BCUT2D eigenvalue weighted by Crippen LogP contribution is -2.22. The Bertz CT molecular complexity index is 681. The van der Waals surface area contributed by atoms with Crippen LogP contribution >= 0.6 is 0 Å². The zero-order chi connectivity index (χ0) is 15.6. The second-order valence-electron chi connectivity index (χ2n) is 4.88. The van der Waals surface area contributed by atoms with Crippen molar-refractivity contribution in [2.75, 3.05) is 13.2 Å². The van der Waals surface area contributed by atoms with Gasteiger partial charge in [-0.25, -0.2) is 4.98 Å². The molecule has 0 saturated carbocycles. The maximum atomic E-state index is 10.6. The minimum absolute atomic E-state index is 0.0821. The largest absolute Gasteiger partial charge is 0.439 e. The first-order valence-electron chi connectivity index (χ1n) is 6.74. The third kappa shape index (κ3) is 2.90. The van der Waals surface area contributed by atoms with Crippen LogP contribution in [-0.4, -0.2) is 23.1 Å². The third-order valence-electron chi connectivity index (χ3n) is 3.35. The number of aromatic nitrogens is 1. The van der Waals surface area contributed by atoms with Crippen LogP contribution in [0.1, 0.15) is 12.5 Å². The van der Waals surface area contributed by atoms with Crippen molar-refractivity contribution in [3.8, 4) is 11.6 Å². The van der Waals surface area contributed by atoms with E-state index in [1.54, 1.807) is 12.1 Å². The highest BCUT2D eigenvalue weighted by Gasteiger charge is 2.33. The quantitative estimate of drug-likeness (QED) is 0.637. The van der Waals surface area contributed by atoms with Gasteiger partial charge < -0.3 is 14.2 Å². The SMILES string of the molecule is CC1(c2cccc(Oc3ccc([N+](=O)[O-])cn3)c2)OCCO1. The van der Waals surface area contributed by atoms with Crippen LogP contribution in [0.2, 0.25) is 0 Å². The first-order valence-corrected chi connectivity index (χ1v) is 6.74. The fourth-order valence-corrected chi connectivity index (χ4v) is 2.18. The number of benzene rings is 1. The van der Waals surface area contributed by atoms with Crippen molar-refractivity contribution >= 4 is 5.69 Å². The van der Waals surface area contributed by atoms with Gasteiger partial charge in [0.15, 0.2) is 5.79 Å². The smallest absolute Gasteiger partial charge is 0.287 e. The number of nitrogens with zero attached hydrogens (tertiary/aromatic N) is 2. The summed E-state index contributed by atoms with van der Waals surface area (Å²) in [5.74, 6) is 0.0581. The van der Waals surface area contributed by atoms with Crippen molar-refractivity contribution in [1.82, 2.24) is 4.98 Å². The van der Waals surface area contributed by atoms with E-state index in [2.05, 4.69) is 4.98 Å². The molecule has 0 amide bonds. The zero-order valence-corrected chi connectivity index (χ0v) is 11.9. The summed E-state index contributed by atoms with van der Waals surface area (Å²) in [7, 11) is 0. The van der Waals surface area contributed by atoms with E-state index < -0.39 is 10.7 Å². The van der Waals surface area contributed by atoms with Gasteiger partial charge in [0.05, 0.1) is 18.1 Å². The van der Waals surface area contributed by atoms with E-state index >= 15 is 0 Å². The number of ether oxygens (including phenoxy) is 3.